The first-order valence-electron chi connectivity index (χ1n) is 18.4. The number of hydrogen-bond donors (Lipinski definition) is 0. The van der Waals surface area contributed by atoms with E-state index in [1.807, 2.05) is 24.3 Å². The van der Waals surface area contributed by atoms with Crippen molar-refractivity contribution >= 4 is 45.4 Å². The summed E-state index contributed by atoms with van der Waals surface area (Å²) in [5.74, 6) is 2.44. The fraction of sp³-hybridized carbons (Fsp3) is 0.302. The number of hydrogen-bond acceptors (Lipinski definition) is 6. The van der Waals surface area contributed by atoms with Crippen molar-refractivity contribution in [1.29, 1.82) is 0 Å². The summed E-state index contributed by atoms with van der Waals surface area (Å²) in [7, 11) is 1.45. The molecule has 1 aliphatic carbocycles. The van der Waals surface area contributed by atoms with Crippen LogP contribution in [0.5, 0.6) is 17.2 Å². The van der Waals surface area contributed by atoms with Gasteiger partial charge in [-0.05, 0) is 97.9 Å². The molecular weight excluding hydrogens is 697 g/mol. The van der Waals surface area contributed by atoms with E-state index in [-0.39, 0.29) is 9.76 Å². The fourth-order valence-corrected chi connectivity index (χ4v) is 14.4. The van der Waals surface area contributed by atoms with E-state index in [1.54, 1.807) is 14.2 Å². The lowest BCUT2D eigenvalue weighted by atomic mass is 9.80. The second-order valence-electron chi connectivity index (χ2n) is 14.1. The highest BCUT2D eigenvalue weighted by Crippen LogP contribution is 2.58. The predicted molar refractivity (Wildman–Crippen MR) is 220 cm³/mol. The molecule has 2 unspecified atom stereocenters. The fourth-order valence-electron chi connectivity index (χ4n) is 7.99. The zero-order chi connectivity index (χ0) is 36.5. The van der Waals surface area contributed by atoms with Gasteiger partial charge in [-0.25, -0.2) is 0 Å². The second-order valence-corrected chi connectivity index (χ2v) is 19.8. The van der Waals surface area contributed by atoms with E-state index >= 15 is 0 Å². The van der Waals surface area contributed by atoms with Gasteiger partial charge in [-0.3, -0.25) is 0 Å². The Balaban J connectivity index is 1.34. The molecule has 5 aromatic rings. The maximum atomic E-state index is 7.51. The van der Waals surface area contributed by atoms with Crippen molar-refractivity contribution in [3.8, 4) is 28.4 Å². The van der Waals surface area contributed by atoms with Crippen LogP contribution in [0.1, 0.15) is 45.9 Å². The molecular formula is C43H50O6Si3. The summed E-state index contributed by atoms with van der Waals surface area (Å²) in [5.41, 5.74) is 8.59. The second kappa shape index (κ2) is 15.2. The molecule has 0 radical (unpaired) electrons. The molecule has 0 saturated heterocycles. The summed E-state index contributed by atoms with van der Waals surface area (Å²) in [5, 5.41) is 2.24. The highest BCUT2D eigenvalue weighted by Gasteiger charge is 2.47. The van der Waals surface area contributed by atoms with Crippen LogP contribution in [0, 0.1) is 13.8 Å². The lowest BCUT2D eigenvalue weighted by Crippen LogP contribution is -2.35. The smallest absolute Gasteiger partial charge is 0.178 e. The Bertz CT molecular complexity index is 2050. The highest BCUT2D eigenvalue weighted by atomic mass is 28.3. The van der Waals surface area contributed by atoms with Gasteiger partial charge < -0.3 is 27.5 Å². The van der Waals surface area contributed by atoms with Gasteiger partial charge in [0.25, 0.3) is 0 Å². The minimum Gasteiger partial charge on any atom is -0.497 e. The third-order valence-corrected chi connectivity index (χ3v) is 17.6. The Labute approximate surface area is 314 Å². The lowest BCUT2D eigenvalue weighted by molar-refractivity contribution is -0.0148. The summed E-state index contributed by atoms with van der Waals surface area (Å²) in [4.78, 5) is 0. The number of fused-ring (bicyclic) bond motifs is 8. The molecule has 7 rings (SSSR count). The molecule has 0 N–H and O–H groups in total. The van der Waals surface area contributed by atoms with Crippen LogP contribution in [-0.4, -0.2) is 56.0 Å². The van der Waals surface area contributed by atoms with Crippen LogP contribution >= 0.6 is 0 Å². The minimum atomic E-state index is -1.01. The Kier molecular flexibility index (Phi) is 10.6. The third-order valence-electron chi connectivity index (χ3n) is 10.6. The first-order chi connectivity index (χ1) is 25.2. The predicted octanol–water partition coefficient (Wildman–Crippen LogP) is 8.10. The van der Waals surface area contributed by atoms with Crippen LogP contribution in [0.3, 0.4) is 0 Å². The summed E-state index contributed by atoms with van der Waals surface area (Å²) >= 11 is 0. The first kappa shape index (κ1) is 36.4. The van der Waals surface area contributed by atoms with Gasteiger partial charge >= 0.3 is 0 Å². The van der Waals surface area contributed by atoms with Crippen LogP contribution in [0.25, 0.3) is 28.0 Å². The molecule has 270 valence electrons. The van der Waals surface area contributed by atoms with E-state index in [2.05, 4.69) is 107 Å². The summed E-state index contributed by atoms with van der Waals surface area (Å²) in [6, 6.07) is 32.2. The van der Waals surface area contributed by atoms with Crippen molar-refractivity contribution in [2.45, 2.75) is 57.2 Å². The number of rotatable bonds is 14. The number of aryl methyl sites for hydroxylation is 2. The van der Waals surface area contributed by atoms with Crippen molar-refractivity contribution in [2.75, 3.05) is 27.4 Å². The topological polar surface area (TPSA) is 55.4 Å². The molecule has 2 aliphatic rings. The van der Waals surface area contributed by atoms with Crippen LogP contribution < -0.4 is 14.2 Å². The van der Waals surface area contributed by atoms with Gasteiger partial charge in [0, 0.05) is 27.6 Å². The van der Waals surface area contributed by atoms with E-state index < -0.39 is 30.0 Å². The molecule has 0 fully saturated rings. The number of methoxy groups -OCH3 is 2. The number of ether oxygens (including phenoxy) is 4. The Morgan fingerprint density at radius 2 is 1.44 bits per heavy atom. The normalized spacial score (nSPS) is 17.8. The van der Waals surface area contributed by atoms with Gasteiger partial charge in [-0.1, -0.05) is 78.3 Å². The molecule has 2 atom stereocenters. The Morgan fingerprint density at radius 1 is 0.788 bits per heavy atom. The van der Waals surface area contributed by atoms with E-state index in [9.17, 15) is 0 Å². The molecule has 1 heterocycles. The van der Waals surface area contributed by atoms with Gasteiger partial charge in [0.2, 0.25) is 0 Å². The van der Waals surface area contributed by atoms with Gasteiger partial charge in [0.1, 0.15) is 32.6 Å². The Morgan fingerprint density at radius 3 is 2.10 bits per heavy atom. The molecule has 0 amide bonds. The summed E-state index contributed by atoms with van der Waals surface area (Å²) in [6.45, 7) is 12.2. The maximum absolute atomic E-state index is 7.51. The van der Waals surface area contributed by atoms with Crippen LogP contribution in [0.15, 0.2) is 91.0 Å². The van der Waals surface area contributed by atoms with Gasteiger partial charge in [0.15, 0.2) is 24.4 Å². The molecule has 0 bridgehead atoms. The van der Waals surface area contributed by atoms with Crippen molar-refractivity contribution < 1.29 is 27.5 Å². The molecule has 0 saturated carbocycles. The third kappa shape index (κ3) is 6.59. The van der Waals surface area contributed by atoms with E-state index in [0.717, 1.165) is 50.3 Å². The van der Waals surface area contributed by atoms with Crippen molar-refractivity contribution in [3.05, 3.63) is 130 Å². The molecule has 0 spiro atoms. The standard InChI is InChI=1S/C43H50O6Si3/c1-28-8-18-34-37(26-28)41-36(20-21-43(48-41,30-10-14-32(44-4)15-11-30)31-12-16-33(45-5)17-13-31)40-39(34)35-19-9-29(2)27-38(35)42(40,3)46-22-23-47-51-24-25-52(7)49-50-6/h8-21,26-27,52H,22-25,50-51H2,1-7H3. The molecule has 0 aromatic heterocycles. The van der Waals surface area contributed by atoms with Gasteiger partial charge in [0.05, 0.1) is 27.4 Å². The van der Waals surface area contributed by atoms with E-state index in [0.29, 0.717) is 13.2 Å². The molecule has 52 heavy (non-hydrogen) atoms. The number of benzene rings is 5. The first-order valence-corrected chi connectivity index (χ1v) is 24.5. The average Bonchev–Trinajstić information content (AvgIpc) is 3.42. The van der Waals surface area contributed by atoms with Crippen molar-refractivity contribution in [2.24, 2.45) is 0 Å². The van der Waals surface area contributed by atoms with Crippen LogP contribution in [0.4, 0.5) is 0 Å². The van der Waals surface area contributed by atoms with Crippen molar-refractivity contribution in [3.63, 3.8) is 0 Å². The molecule has 1 aliphatic heterocycles. The largest absolute Gasteiger partial charge is 0.497 e. The summed E-state index contributed by atoms with van der Waals surface area (Å²) in [6.07, 6.45) is 4.48. The lowest BCUT2D eigenvalue weighted by Gasteiger charge is -2.39. The SMILES string of the molecule is COc1ccc(C2(c3ccc(OC)cc3)C=Cc3c4c(c5ccc(C)cc5c3O2)-c2ccc(C)cc2C4(C)OCCO[SiH2]CC[SiH](C)O[SiH2]C)cc1. The monoisotopic (exact) mass is 746 g/mol. The zero-order valence-corrected chi connectivity index (χ0v) is 35.5. The average molecular weight is 747 g/mol. The van der Waals surface area contributed by atoms with E-state index in [1.165, 1.54) is 39.9 Å². The van der Waals surface area contributed by atoms with E-state index in [4.69, 9.17) is 27.5 Å². The zero-order valence-electron chi connectivity index (χ0n) is 31.5. The maximum Gasteiger partial charge on any atom is 0.178 e. The quantitative estimate of drug-likeness (QED) is 0.0846. The van der Waals surface area contributed by atoms with Crippen LogP contribution in [-0.2, 0) is 24.5 Å². The van der Waals surface area contributed by atoms with Crippen LogP contribution in [0.2, 0.25) is 25.2 Å². The molecule has 9 heteroatoms. The molecule has 6 nitrogen and oxygen atoms in total. The molecule has 5 aromatic carbocycles. The Hall–Kier alpha value is -3.97. The van der Waals surface area contributed by atoms with Gasteiger partial charge in [-0.15, -0.1) is 0 Å². The van der Waals surface area contributed by atoms with Crippen molar-refractivity contribution in [1.82, 2.24) is 0 Å². The highest BCUT2D eigenvalue weighted by molar-refractivity contribution is 6.58. The minimum absolute atomic E-state index is 0.315. The van der Waals surface area contributed by atoms with Gasteiger partial charge in [-0.2, -0.15) is 0 Å². The summed E-state index contributed by atoms with van der Waals surface area (Å²) < 4.78 is 37.9.